The molecule has 0 aliphatic carbocycles. The lowest BCUT2D eigenvalue weighted by molar-refractivity contribution is -0.123. The van der Waals surface area contributed by atoms with Crippen molar-refractivity contribution in [3.63, 3.8) is 0 Å². The van der Waals surface area contributed by atoms with Crippen molar-refractivity contribution in [1.29, 1.82) is 0 Å². The van der Waals surface area contributed by atoms with Gasteiger partial charge in [-0.25, -0.2) is 5.84 Å². The number of likely N-dealkylation sites (N-methyl/N-ethyl adjacent to an activating group) is 1. The van der Waals surface area contributed by atoms with E-state index in [2.05, 4.69) is 5.43 Å². The largest absolute Gasteiger partial charge is 0.366 e. The number of nitrogens with one attached hydrogen (secondary N) is 1. The van der Waals surface area contributed by atoms with Crippen LogP contribution in [-0.4, -0.2) is 36.9 Å². The first-order valence-electron chi connectivity index (χ1n) is 6.37. The van der Waals surface area contributed by atoms with Crippen LogP contribution in [0, 0.1) is 6.92 Å². The molecule has 1 aromatic rings. The summed E-state index contributed by atoms with van der Waals surface area (Å²) in [4.78, 5) is 12.7. The van der Waals surface area contributed by atoms with E-state index in [1.807, 2.05) is 32.3 Å². The minimum absolute atomic E-state index is 0.0666. The molecule has 1 atom stereocenters. The van der Waals surface area contributed by atoms with Crippen molar-refractivity contribution in [2.75, 3.05) is 7.05 Å². The first-order valence-corrected chi connectivity index (χ1v) is 7.81. The molecule has 7 nitrogen and oxygen atoms in total. The zero-order valence-corrected chi connectivity index (χ0v) is 13.1. The summed E-state index contributed by atoms with van der Waals surface area (Å²) in [6, 6.07) is 5.71. The summed E-state index contributed by atoms with van der Waals surface area (Å²) in [5, 5.41) is 0. The van der Waals surface area contributed by atoms with E-state index in [1.54, 1.807) is 23.1 Å². The topological polar surface area (TPSA) is 113 Å². The Bertz CT molecular complexity index is 666. The monoisotopic (exact) mass is 325 g/mol. The van der Waals surface area contributed by atoms with E-state index >= 15 is 0 Å². The number of carbonyl (C=O) groups excluding carboxylic acids is 1. The number of amides is 1. The Morgan fingerprint density at radius 1 is 1.27 bits per heavy atom. The third kappa shape index (κ3) is 5.32. The number of hydrogen-bond acceptors (Lipinski definition) is 5. The van der Waals surface area contributed by atoms with Gasteiger partial charge in [-0.15, -0.1) is 0 Å². The molecule has 0 radical (unpaired) electrons. The van der Waals surface area contributed by atoms with E-state index in [9.17, 15) is 13.2 Å². The molecule has 4 N–H and O–H groups in total. The number of aryl methyl sites for hydroxylation is 1. The summed E-state index contributed by atoms with van der Waals surface area (Å²) in [6.07, 6.45) is 7.28. The predicted molar refractivity (Wildman–Crippen MR) is 83.2 cm³/mol. The number of hydrogen-bond donors (Lipinski definition) is 3. The zero-order chi connectivity index (χ0) is 16.8. The smallest absolute Gasteiger partial charge is 0.294 e. The van der Waals surface area contributed by atoms with Gasteiger partial charge in [-0.3, -0.25) is 14.8 Å². The lowest BCUT2D eigenvalue weighted by atomic mass is 10.2. The molecule has 1 aliphatic heterocycles. The molecule has 1 aromatic carbocycles. The average Bonchev–Trinajstić information content (AvgIpc) is 2.47. The molecule has 2 rings (SSSR count). The number of carbonyl (C=O) groups is 1. The normalized spacial score (nSPS) is 16.7. The van der Waals surface area contributed by atoms with E-state index in [4.69, 9.17) is 10.4 Å². The number of allylic oxidation sites excluding steroid dienone is 2. The molecule has 1 heterocycles. The third-order valence-electron chi connectivity index (χ3n) is 2.89. The number of benzene rings is 1. The van der Waals surface area contributed by atoms with Crippen LogP contribution >= 0.6 is 0 Å². The van der Waals surface area contributed by atoms with Gasteiger partial charge in [-0.1, -0.05) is 29.8 Å². The van der Waals surface area contributed by atoms with Gasteiger partial charge in [-0.05, 0) is 31.3 Å². The fourth-order valence-corrected chi connectivity index (χ4v) is 2.13. The van der Waals surface area contributed by atoms with Crippen LogP contribution in [0.25, 0.3) is 0 Å². The van der Waals surface area contributed by atoms with Crippen molar-refractivity contribution in [3.05, 3.63) is 54.3 Å². The second kappa shape index (κ2) is 7.74. The van der Waals surface area contributed by atoms with Gasteiger partial charge in [0.15, 0.2) is 0 Å². The molecule has 1 unspecified atom stereocenters. The van der Waals surface area contributed by atoms with Gasteiger partial charge >= 0.3 is 0 Å². The van der Waals surface area contributed by atoms with Crippen LogP contribution in [0.2, 0.25) is 0 Å². The molecule has 0 bridgehead atoms. The summed E-state index contributed by atoms with van der Waals surface area (Å²) < 4.78 is 29.6. The van der Waals surface area contributed by atoms with Gasteiger partial charge in [0.05, 0.1) is 4.90 Å². The number of nitrogens with two attached hydrogens (primary N) is 1. The maximum atomic E-state index is 11.0. The number of rotatable bonds is 2. The van der Waals surface area contributed by atoms with Crippen molar-refractivity contribution in [2.24, 2.45) is 5.84 Å². The maximum Gasteiger partial charge on any atom is 0.294 e. The van der Waals surface area contributed by atoms with Gasteiger partial charge in [0.25, 0.3) is 16.0 Å². The second-order valence-electron chi connectivity index (χ2n) is 4.63. The Kier molecular flexibility index (Phi) is 6.29. The summed E-state index contributed by atoms with van der Waals surface area (Å²) in [7, 11) is -2.20. The van der Waals surface area contributed by atoms with Gasteiger partial charge in [0, 0.05) is 7.05 Å². The average molecular weight is 325 g/mol. The molecule has 22 heavy (non-hydrogen) atoms. The molecule has 1 aliphatic rings. The Balaban J connectivity index is 0.000000220. The quantitative estimate of drug-likeness (QED) is 0.318. The first kappa shape index (κ1) is 17.9. The first-order chi connectivity index (χ1) is 10.3. The van der Waals surface area contributed by atoms with Crippen LogP contribution in [0.3, 0.4) is 0 Å². The van der Waals surface area contributed by atoms with Crippen LogP contribution in [0.15, 0.2) is 53.6 Å². The summed E-state index contributed by atoms with van der Waals surface area (Å²) in [6.45, 7) is 1.84. The van der Waals surface area contributed by atoms with Crippen molar-refractivity contribution in [2.45, 2.75) is 17.9 Å². The fourth-order valence-electron chi connectivity index (χ4n) is 1.65. The molecular weight excluding hydrogens is 306 g/mol. The summed E-state index contributed by atoms with van der Waals surface area (Å²) in [5.74, 6) is 4.78. The lowest BCUT2D eigenvalue weighted by Crippen LogP contribution is -2.45. The van der Waals surface area contributed by atoms with Crippen molar-refractivity contribution in [3.8, 4) is 0 Å². The minimum Gasteiger partial charge on any atom is -0.366 e. The molecule has 8 heteroatoms. The van der Waals surface area contributed by atoms with E-state index in [0.717, 1.165) is 5.56 Å². The Labute approximate surface area is 129 Å². The SMILES string of the molecule is CN1C=CC=CC1C(=O)NN.Cc1ccc(S(=O)(=O)O)cc1. The molecule has 0 spiro atoms. The van der Waals surface area contributed by atoms with Crippen LogP contribution in [0.1, 0.15) is 5.56 Å². The van der Waals surface area contributed by atoms with Crippen LogP contribution in [-0.2, 0) is 14.9 Å². The summed E-state index contributed by atoms with van der Waals surface area (Å²) in [5.41, 5.74) is 3.06. The van der Waals surface area contributed by atoms with E-state index in [0.29, 0.717) is 0 Å². The fraction of sp³-hybridized carbons (Fsp3) is 0.214. The molecule has 1 amide bonds. The van der Waals surface area contributed by atoms with Crippen LogP contribution in [0.4, 0.5) is 0 Å². The van der Waals surface area contributed by atoms with Crippen molar-refractivity contribution < 1.29 is 17.8 Å². The molecule has 120 valence electrons. The molecular formula is C14H19N3O4S. The van der Waals surface area contributed by atoms with Gasteiger partial charge in [-0.2, -0.15) is 8.42 Å². The van der Waals surface area contributed by atoms with E-state index in [-0.39, 0.29) is 16.8 Å². The van der Waals surface area contributed by atoms with Gasteiger partial charge < -0.3 is 4.90 Å². The van der Waals surface area contributed by atoms with Crippen molar-refractivity contribution in [1.82, 2.24) is 10.3 Å². The summed E-state index contributed by atoms with van der Waals surface area (Å²) >= 11 is 0. The highest BCUT2D eigenvalue weighted by molar-refractivity contribution is 7.85. The van der Waals surface area contributed by atoms with Crippen molar-refractivity contribution >= 4 is 16.0 Å². The van der Waals surface area contributed by atoms with Gasteiger partial charge in [0.2, 0.25) is 0 Å². The Morgan fingerprint density at radius 3 is 2.32 bits per heavy atom. The van der Waals surface area contributed by atoms with E-state index in [1.165, 1.54) is 12.1 Å². The highest BCUT2D eigenvalue weighted by atomic mass is 32.2. The highest BCUT2D eigenvalue weighted by Crippen LogP contribution is 2.08. The van der Waals surface area contributed by atoms with Crippen LogP contribution in [0.5, 0.6) is 0 Å². The zero-order valence-electron chi connectivity index (χ0n) is 12.3. The van der Waals surface area contributed by atoms with Gasteiger partial charge in [0.1, 0.15) is 6.04 Å². The number of nitrogens with zero attached hydrogens (tertiary/aromatic N) is 1. The Hall–Kier alpha value is -2.16. The molecule has 0 saturated heterocycles. The standard InChI is InChI=1S/C7H11N3O.C7H8O3S/c1-10-5-3-2-4-6(10)7(11)9-8;1-6-2-4-7(5-3-6)11(8,9)10/h2-6H,8H2,1H3,(H,9,11);2-5H,1H3,(H,8,9,10). The predicted octanol–water partition coefficient (Wildman–Crippen LogP) is 0.602. The Morgan fingerprint density at radius 2 is 1.86 bits per heavy atom. The lowest BCUT2D eigenvalue weighted by Gasteiger charge is -2.23. The third-order valence-corrected chi connectivity index (χ3v) is 3.76. The minimum atomic E-state index is -4.02. The van der Waals surface area contributed by atoms with Crippen LogP contribution < -0.4 is 11.3 Å². The number of hydrazine groups is 1. The molecule has 0 saturated carbocycles. The highest BCUT2D eigenvalue weighted by Gasteiger charge is 2.17. The second-order valence-corrected chi connectivity index (χ2v) is 6.05. The molecule has 0 fully saturated rings. The maximum absolute atomic E-state index is 11.0. The molecule has 0 aromatic heterocycles. The van der Waals surface area contributed by atoms with E-state index < -0.39 is 10.1 Å².